The van der Waals surface area contributed by atoms with Gasteiger partial charge in [0.1, 0.15) is 0 Å². The Morgan fingerprint density at radius 2 is 2.04 bits per heavy atom. The van der Waals surface area contributed by atoms with Gasteiger partial charge in [-0.1, -0.05) is 51.5 Å². The zero-order valence-electron chi connectivity index (χ0n) is 18.5. The van der Waals surface area contributed by atoms with E-state index in [1.165, 1.54) is 45.6 Å². The fourth-order valence-corrected chi connectivity index (χ4v) is 7.18. The standard InChI is InChI=1S/C26H38O2/c1-17-12-14-25(3)19(16-17)7-8-20-22-10-9-21(18(2)6-11-24(27)28-5)26(22,4)15-13-23(20)25/h7-8,13,17-18,21-22H,6,9-12,14-16H2,1-5H3/t17-,18+,21?,22?,25-,26+/m0/s1. The molecule has 6 atom stereocenters. The second-order valence-corrected chi connectivity index (χ2v) is 10.7. The Bertz CT molecular complexity index is 742. The minimum Gasteiger partial charge on any atom is -0.469 e. The van der Waals surface area contributed by atoms with Crippen LogP contribution in [0.15, 0.2) is 34.9 Å². The van der Waals surface area contributed by atoms with Gasteiger partial charge in [-0.15, -0.1) is 0 Å². The van der Waals surface area contributed by atoms with Gasteiger partial charge in [0, 0.05) is 11.8 Å². The van der Waals surface area contributed by atoms with Gasteiger partial charge in [0.25, 0.3) is 0 Å². The van der Waals surface area contributed by atoms with Crippen LogP contribution in [0.1, 0.15) is 79.1 Å². The van der Waals surface area contributed by atoms with Gasteiger partial charge < -0.3 is 4.74 Å². The Labute approximate surface area is 171 Å². The van der Waals surface area contributed by atoms with E-state index < -0.39 is 0 Å². The highest BCUT2D eigenvalue weighted by molar-refractivity contribution is 5.69. The molecule has 4 aliphatic carbocycles. The van der Waals surface area contributed by atoms with Crippen molar-refractivity contribution in [2.45, 2.75) is 79.1 Å². The molecule has 2 nitrogen and oxygen atoms in total. The Morgan fingerprint density at radius 3 is 2.79 bits per heavy atom. The maximum Gasteiger partial charge on any atom is 0.305 e. The predicted molar refractivity (Wildman–Crippen MR) is 115 cm³/mol. The Morgan fingerprint density at radius 1 is 1.25 bits per heavy atom. The molecule has 28 heavy (non-hydrogen) atoms. The quantitative estimate of drug-likeness (QED) is 0.510. The van der Waals surface area contributed by atoms with Gasteiger partial charge in [0.05, 0.1) is 7.11 Å². The fourth-order valence-electron chi connectivity index (χ4n) is 7.18. The molecule has 0 saturated heterocycles. The summed E-state index contributed by atoms with van der Waals surface area (Å²) < 4.78 is 4.87. The second kappa shape index (κ2) is 7.18. The molecule has 0 spiro atoms. The van der Waals surface area contributed by atoms with Crippen molar-refractivity contribution >= 4 is 5.97 Å². The van der Waals surface area contributed by atoms with Crippen molar-refractivity contribution in [2.75, 3.05) is 7.11 Å². The summed E-state index contributed by atoms with van der Waals surface area (Å²) in [6.45, 7) is 9.81. The summed E-state index contributed by atoms with van der Waals surface area (Å²) in [5, 5.41) is 0. The van der Waals surface area contributed by atoms with Crippen LogP contribution < -0.4 is 0 Å². The average molecular weight is 383 g/mol. The van der Waals surface area contributed by atoms with Crippen molar-refractivity contribution in [3.63, 3.8) is 0 Å². The van der Waals surface area contributed by atoms with Crippen LogP contribution in [0.4, 0.5) is 0 Å². The highest BCUT2D eigenvalue weighted by Gasteiger charge is 2.54. The lowest BCUT2D eigenvalue weighted by atomic mass is 9.53. The number of rotatable bonds is 4. The number of allylic oxidation sites excluding steroid dienone is 6. The molecule has 4 aliphatic rings. The molecule has 4 rings (SSSR count). The highest BCUT2D eigenvalue weighted by atomic mass is 16.5. The molecule has 0 aromatic carbocycles. The number of hydrogen-bond donors (Lipinski definition) is 0. The molecule has 0 bridgehead atoms. The van der Waals surface area contributed by atoms with E-state index in [9.17, 15) is 4.79 Å². The van der Waals surface area contributed by atoms with E-state index in [1.54, 1.807) is 16.7 Å². The molecular weight excluding hydrogens is 344 g/mol. The van der Waals surface area contributed by atoms with Crippen LogP contribution in [-0.2, 0) is 9.53 Å². The van der Waals surface area contributed by atoms with Crippen molar-refractivity contribution in [1.82, 2.24) is 0 Å². The first-order valence-corrected chi connectivity index (χ1v) is 11.5. The second-order valence-electron chi connectivity index (χ2n) is 10.7. The van der Waals surface area contributed by atoms with Crippen LogP contribution in [0.3, 0.4) is 0 Å². The van der Waals surface area contributed by atoms with Crippen molar-refractivity contribution in [2.24, 2.45) is 34.5 Å². The maximum absolute atomic E-state index is 11.6. The maximum atomic E-state index is 11.6. The van der Waals surface area contributed by atoms with E-state index in [0.29, 0.717) is 29.6 Å². The van der Waals surface area contributed by atoms with Gasteiger partial charge in [-0.2, -0.15) is 0 Å². The smallest absolute Gasteiger partial charge is 0.305 e. The zero-order chi connectivity index (χ0) is 20.1. The highest BCUT2D eigenvalue weighted by Crippen LogP contribution is 2.64. The first kappa shape index (κ1) is 20.0. The number of ether oxygens (including phenoxy) is 1. The van der Waals surface area contributed by atoms with E-state index in [-0.39, 0.29) is 11.4 Å². The lowest BCUT2D eigenvalue weighted by molar-refractivity contribution is -0.141. The van der Waals surface area contributed by atoms with Crippen LogP contribution >= 0.6 is 0 Å². The van der Waals surface area contributed by atoms with Crippen molar-refractivity contribution in [1.29, 1.82) is 0 Å². The molecule has 0 aromatic heterocycles. The lowest BCUT2D eigenvalue weighted by Crippen LogP contribution is -2.40. The molecule has 2 unspecified atom stereocenters. The molecule has 2 saturated carbocycles. The monoisotopic (exact) mass is 382 g/mol. The van der Waals surface area contributed by atoms with Crippen molar-refractivity contribution < 1.29 is 9.53 Å². The summed E-state index contributed by atoms with van der Waals surface area (Å²) in [6, 6.07) is 0. The molecule has 0 aliphatic heterocycles. The summed E-state index contributed by atoms with van der Waals surface area (Å²) in [5.74, 6) is 2.72. The van der Waals surface area contributed by atoms with Crippen molar-refractivity contribution in [3.05, 3.63) is 34.9 Å². The molecule has 2 heteroatoms. The molecule has 0 heterocycles. The summed E-state index contributed by atoms with van der Waals surface area (Å²) >= 11 is 0. The van der Waals surface area contributed by atoms with Crippen molar-refractivity contribution in [3.8, 4) is 0 Å². The summed E-state index contributed by atoms with van der Waals surface area (Å²) in [6.07, 6.45) is 16.9. The summed E-state index contributed by atoms with van der Waals surface area (Å²) in [5.41, 5.74) is 5.62. The zero-order valence-corrected chi connectivity index (χ0v) is 18.5. The van der Waals surface area contributed by atoms with Gasteiger partial charge in [-0.25, -0.2) is 0 Å². The SMILES string of the molecule is COC(=O)CC[C@@H](C)C1CCC2C3=CC=C4C[C@@H](C)CC[C@]4(C)C3=CC[C@@]21C. The number of esters is 1. The Balaban J connectivity index is 1.59. The predicted octanol–water partition coefficient (Wildman–Crippen LogP) is 6.63. The van der Waals surface area contributed by atoms with Crippen LogP contribution in [0.25, 0.3) is 0 Å². The van der Waals surface area contributed by atoms with Crippen LogP contribution in [0, 0.1) is 34.5 Å². The largest absolute Gasteiger partial charge is 0.469 e. The molecule has 0 aromatic rings. The minimum atomic E-state index is -0.0653. The average Bonchev–Trinajstić information content (AvgIpc) is 3.03. The molecule has 0 N–H and O–H groups in total. The van der Waals surface area contributed by atoms with Gasteiger partial charge >= 0.3 is 5.97 Å². The van der Waals surface area contributed by atoms with E-state index in [0.717, 1.165) is 12.3 Å². The summed E-state index contributed by atoms with van der Waals surface area (Å²) in [4.78, 5) is 11.6. The van der Waals surface area contributed by atoms with Gasteiger partial charge in [0.2, 0.25) is 0 Å². The molecule has 0 radical (unpaired) electrons. The number of fused-ring (bicyclic) bond motifs is 5. The first-order chi connectivity index (χ1) is 13.3. The number of methoxy groups -OCH3 is 1. The minimum absolute atomic E-state index is 0.0653. The van der Waals surface area contributed by atoms with Gasteiger partial charge in [0.15, 0.2) is 0 Å². The van der Waals surface area contributed by atoms with Crippen LogP contribution in [0.5, 0.6) is 0 Å². The van der Waals surface area contributed by atoms with Gasteiger partial charge in [-0.3, -0.25) is 4.79 Å². The summed E-state index contributed by atoms with van der Waals surface area (Å²) in [7, 11) is 1.50. The normalized spacial score (nSPS) is 40.3. The van der Waals surface area contributed by atoms with E-state index in [1.807, 2.05) is 0 Å². The molecule has 0 amide bonds. The number of hydrogen-bond acceptors (Lipinski definition) is 2. The topological polar surface area (TPSA) is 26.3 Å². The first-order valence-electron chi connectivity index (χ1n) is 11.5. The third-order valence-electron chi connectivity index (χ3n) is 9.03. The number of carbonyl (C=O) groups is 1. The Hall–Kier alpha value is -1.31. The van der Waals surface area contributed by atoms with E-state index >= 15 is 0 Å². The number of carbonyl (C=O) groups excluding carboxylic acids is 1. The van der Waals surface area contributed by atoms with E-state index in [2.05, 4.69) is 45.9 Å². The third kappa shape index (κ3) is 3.02. The molecular formula is C26H38O2. The lowest BCUT2D eigenvalue weighted by Gasteiger charge is -2.51. The third-order valence-corrected chi connectivity index (χ3v) is 9.03. The fraction of sp³-hybridized carbons (Fsp3) is 0.731. The van der Waals surface area contributed by atoms with Crippen LogP contribution in [0.2, 0.25) is 0 Å². The van der Waals surface area contributed by atoms with Gasteiger partial charge in [-0.05, 0) is 85.2 Å². The molecule has 154 valence electrons. The van der Waals surface area contributed by atoms with Crippen LogP contribution in [-0.4, -0.2) is 13.1 Å². The van der Waals surface area contributed by atoms with E-state index in [4.69, 9.17) is 4.74 Å². The molecule has 2 fully saturated rings. The Kier molecular flexibility index (Phi) is 5.13.